The van der Waals surface area contributed by atoms with E-state index in [9.17, 15) is 9.59 Å². The van der Waals surface area contributed by atoms with Gasteiger partial charge in [0, 0.05) is 5.69 Å². The number of halogens is 2. The Balaban J connectivity index is 2.91. The van der Waals surface area contributed by atoms with Gasteiger partial charge in [0.15, 0.2) is 0 Å². The molecule has 0 saturated carbocycles. The first-order chi connectivity index (χ1) is 8.86. The molecule has 1 atom stereocenters. The molecule has 1 aromatic rings. The maximum Gasteiger partial charge on any atom is 0.339 e. The van der Waals surface area contributed by atoms with Gasteiger partial charge in [-0.05, 0) is 24.1 Å². The minimum atomic E-state index is -0.541. The summed E-state index contributed by atoms with van der Waals surface area (Å²) >= 11 is 9.21. The van der Waals surface area contributed by atoms with Crippen LogP contribution in [0.3, 0.4) is 0 Å². The molecule has 0 aliphatic carbocycles. The molecule has 0 radical (unpaired) electrons. The summed E-state index contributed by atoms with van der Waals surface area (Å²) in [7, 11) is 1.27. The molecule has 0 heterocycles. The van der Waals surface area contributed by atoms with Crippen molar-refractivity contribution < 1.29 is 14.3 Å². The van der Waals surface area contributed by atoms with Crippen molar-refractivity contribution >= 4 is 45.1 Å². The van der Waals surface area contributed by atoms with Gasteiger partial charge in [0.1, 0.15) is 0 Å². The van der Waals surface area contributed by atoms with E-state index in [0.29, 0.717) is 5.69 Å². The van der Waals surface area contributed by atoms with E-state index in [-0.39, 0.29) is 27.2 Å². The van der Waals surface area contributed by atoms with Crippen LogP contribution >= 0.6 is 27.5 Å². The van der Waals surface area contributed by atoms with E-state index in [1.54, 1.807) is 12.1 Å². The molecule has 19 heavy (non-hydrogen) atoms. The third kappa shape index (κ3) is 4.21. The highest BCUT2D eigenvalue weighted by molar-refractivity contribution is 9.10. The predicted octanol–water partition coefficient (Wildman–Crippen LogP) is 3.48. The Morgan fingerprint density at radius 3 is 2.53 bits per heavy atom. The lowest BCUT2D eigenvalue weighted by atomic mass is 10.1. The number of carbonyl (C=O) groups excluding carboxylic acids is 2. The first-order valence-corrected chi connectivity index (χ1v) is 6.99. The van der Waals surface area contributed by atoms with Gasteiger partial charge in [-0.1, -0.05) is 41.4 Å². The number of carbonyl (C=O) groups is 2. The zero-order chi connectivity index (χ0) is 14.6. The lowest BCUT2D eigenvalue weighted by Gasteiger charge is -2.14. The van der Waals surface area contributed by atoms with Crippen molar-refractivity contribution in [1.29, 1.82) is 0 Å². The van der Waals surface area contributed by atoms with Crippen molar-refractivity contribution in [2.24, 2.45) is 5.92 Å². The molecule has 1 aromatic carbocycles. The molecule has 1 unspecified atom stereocenters. The Morgan fingerprint density at radius 1 is 1.37 bits per heavy atom. The van der Waals surface area contributed by atoms with Crippen LogP contribution < -0.4 is 5.32 Å². The van der Waals surface area contributed by atoms with Crippen LogP contribution in [0.5, 0.6) is 0 Å². The third-order valence-corrected chi connectivity index (χ3v) is 4.28. The van der Waals surface area contributed by atoms with Gasteiger partial charge >= 0.3 is 5.97 Å². The minimum Gasteiger partial charge on any atom is -0.465 e. The van der Waals surface area contributed by atoms with E-state index in [1.807, 2.05) is 13.8 Å². The van der Waals surface area contributed by atoms with E-state index < -0.39 is 5.97 Å². The lowest BCUT2D eigenvalue weighted by molar-refractivity contribution is -0.116. The molecular weight excluding hydrogens is 334 g/mol. The van der Waals surface area contributed by atoms with E-state index in [0.717, 1.165) is 0 Å². The fourth-order valence-corrected chi connectivity index (χ4v) is 1.69. The first kappa shape index (κ1) is 16.0. The Labute approximate surface area is 125 Å². The van der Waals surface area contributed by atoms with Crippen molar-refractivity contribution in [1.82, 2.24) is 0 Å². The van der Waals surface area contributed by atoms with Crippen LogP contribution in [0.25, 0.3) is 0 Å². The smallest absolute Gasteiger partial charge is 0.339 e. The second-order valence-electron chi connectivity index (χ2n) is 4.32. The van der Waals surface area contributed by atoms with Crippen LogP contribution in [-0.4, -0.2) is 23.8 Å². The third-order valence-electron chi connectivity index (χ3n) is 2.47. The SMILES string of the molecule is COC(=O)c1cc(NC(=O)C(Br)C(C)C)ccc1Cl. The number of amides is 1. The summed E-state index contributed by atoms with van der Waals surface area (Å²) in [5, 5.41) is 3.00. The Hall–Kier alpha value is -1.07. The number of anilines is 1. The predicted molar refractivity (Wildman–Crippen MR) is 79.0 cm³/mol. The number of nitrogens with one attached hydrogen (secondary N) is 1. The fourth-order valence-electron chi connectivity index (χ4n) is 1.38. The summed E-state index contributed by atoms with van der Waals surface area (Å²) in [4.78, 5) is 23.1. The lowest BCUT2D eigenvalue weighted by Crippen LogP contribution is -2.27. The van der Waals surface area contributed by atoms with Crippen LogP contribution in [0.2, 0.25) is 5.02 Å². The number of hydrogen-bond donors (Lipinski definition) is 1. The monoisotopic (exact) mass is 347 g/mol. The second-order valence-corrected chi connectivity index (χ2v) is 5.71. The van der Waals surface area contributed by atoms with Gasteiger partial charge < -0.3 is 10.1 Å². The molecule has 0 aromatic heterocycles. The Morgan fingerprint density at radius 2 is 2.00 bits per heavy atom. The standard InChI is InChI=1S/C13H15BrClNO3/c1-7(2)11(14)12(17)16-8-4-5-10(15)9(6-8)13(18)19-3/h4-7,11H,1-3H3,(H,16,17). The van der Waals surface area contributed by atoms with Gasteiger partial charge in [-0.25, -0.2) is 4.79 Å². The number of hydrogen-bond acceptors (Lipinski definition) is 3. The van der Waals surface area contributed by atoms with Gasteiger partial charge in [0.05, 0.1) is 22.5 Å². The molecule has 0 aliphatic heterocycles. The van der Waals surface area contributed by atoms with Crippen molar-refractivity contribution in [2.45, 2.75) is 18.7 Å². The average Bonchev–Trinajstić information content (AvgIpc) is 2.38. The number of ether oxygens (including phenoxy) is 1. The van der Waals surface area contributed by atoms with Crippen LogP contribution in [0.1, 0.15) is 24.2 Å². The van der Waals surface area contributed by atoms with Crippen molar-refractivity contribution in [2.75, 3.05) is 12.4 Å². The fraction of sp³-hybridized carbons (Fsp3) is 0.385. The number of benzene rings is 1. The molecule has 0 aliphatic rings. The van der Waals surface area contributed by atoms with Gasteiger partial charge in [0.25, 0.3) is 0 Å². The summed E-state index contributed by atoms with van der Waals surface area (Å²) in [5.41, 5.74) is 0.720. The summed E-state index contributed by atoms with van der Waals surface area (Å²) in [5.74, 6) is -0.555. The molecular formula is C13H15BrClNO3. The quantitative estimate of drug-likeness (QED) is 0.669. The molecule has 4 nitrogen and oxygen atoms in total. The van der Waals surface area contributed by atoms with E-state index >= 15 is 0 Å². The minimum absolute atomic E-state index is 0.160. The molecule has 6 heteroatoms. The Bertz CT molecular complexity index is 491. The molecule has 1 rings (SSSR count). The van der Waals surface area contributed by atoms with Crippen molar-refractivity contribution in [3.05, 3.63) is 28.8 Å². The number of rotatable bonds is 4. The molecule has 0 saturated heterocycles. The van der Waals surface area contributed by atoms with E-state index in [2.05, 4.69) is 26.0 Å². The number of esters is 1. The van der Waals surface area contributed by atoms with E-state index in [4.69, 9.17) is 11.6 Å². The molecule has 0 bridgehead atoms. The van der Waals surface area contributed by atoms with Gasteiger partial charge in [-0.15, -0.1) is 0 Å². The maximum atomic E-state index is 11.9. The number of methoxy groups -OCH3 is 1. The zero-order valence-electron chi connectivity index (χ0n) is 10.9. The van der Waals surface area contributed by atoms with Crippen LogP contribution in [0.15, 0.2) is 18.2 Å². The first-order valence-electron chi connectivity index (χ1n) is 5.69. The Kier molecular flexibility index (Phi) is 5.82. The molecule has 104 valence electrons. The normalized spacial score (nSPS) is 12.1. The van der Waals surface area contributed by atoms with E-state index in [1.165, 1.54) is 13.2 Å². The molecule has 1 N–H and O–H groups in total. The molecule has 0 spiro atoms. The molecule has 1 amide bonds. The summed E-state index contributed by atoms with van der Waals surface area (Å²) in [6.07, 6.45) is 0. The van der Waals surface area contributed by atoms with Gasteiger partial charge in [-0.3, -0.25) is 4.79 Å². The highest BCUT2D eigenvalue weighted by Crippen LogP contribution is 2.22. The zero-order valence-corrected chi connectivity index (χ0v) is 13.2. The van der Waals surface area contributed by atoms with Gasteiger partial charge in [-0.2, -0.15) is 0 Å². The summed E-state index contributed by atoms with van der Waals surface area (Å²) < 4.78 is 4.62. The molecule has 0 fully saturated rings. The van der Waals surface area contributed by atoms with Crippen LogP contribution in [0, 0.1) is 5.92 Å². The van der Waals surface area contributed by atoms with Crippen molar-refractivity contribution in [3.8, 4) is 0 Å². The van der Waals surface area contributed by atoms with Crippen LogP contribution in [0.4, 0.5) is 5.69 Å². The highest BCUT2D eigenvalue weighted by Gasteiger charge is 2.19. The highest BCUT2D eigenvalue weighted by atomic mass is 79.9. The van der Waals surface area contributed by atoms with Crippen LogP contribution in [-0.2, 0) is 9.53 Å². The van der Waals surface area contributed by atoms with Crippen molar-refractivity contribution in [3.63, 3.8) is 0 Å². The summed E-state index contributed by atoms with van der Waals surface area (Å²) in [6, 6.07) is 4.67. The second kappa shape index (κ2) is 6.91. The number of alkyl halides is 1. The topological polar surface area (TPSA) is 55.4 Å². The maximum absolute atomic E-state index is 11.9. The largest absolute Gasteiger partial charge is 0.465 e. The average molecular weight is 349 g/mol. The summed E-state index contributed by atoms with van der Waals surface area (Å²) in [6.45, 7) is 3.86. The van der Waals surface area contributed by atoms with Gasteiger partial charge in [0.2, 0.25) is 5.91 Å².